The quantitative estimate of drug-likeness (QED) is 0.759. The predicted octanol–water partition coefficient (Wildman–Crippen LogP) is 1.70. The van der Waals surface area contributed by atoms with Gasteiger partial charge in [0.15, 0.2) is 0 Å². The predicted molar refractivity (Wildman–Crippen MR) is 56.7 cm³/mol. The van der Waals surface area contributed by atoms with E-state index in [0.29, 0.717) is 5.15 Å². The lowest BCUT2D eigenvalue weighted by Crippen LogP contribution is -2.32. The van der Waals surface area contributed by atoms with Gasteiger partial charge in [-0.25, -0.2) is 4.98 Å². The van der Waals surface area contributed by atoms with Gasteiger partial charge in [0.2, 0.25) is 0 Å². The SMILES string of the molecule is OC[C@H]1CCCN1c1cccc(Cl)n1. The Bertz CT molecular complexity index is 319. The molecule has 1 N–H and O–H groups in total. The normalized spacial score (nSPS) is 21.6. The van der Waals surface area contributed by atoms with E-state index in [9.17, 15) is 0 Å². The number of halogens is 1. The highest BCUT2D eigenvalue weighted by atomic mass is 35.5. The Balaban J connectivity index is 2.21. The van der Waals surface area contributed by atoms with Crippen molar-refractivity contribution in [2.75, 3.05) is 18.1 Å². The second-order valence-electron chi connectivity index (χ2n) is 3.49. The smallest absolute Gasteiger partial charge is 0.131 e. The Labute approximate surface area is 88.3 Å². The molecule has 14 heavy (non-hydrogen) atoms. The van der Waals surface area contributed by atoms with E-state index in [-0.39, 0.29) is 12.6 Å². The number of aliphatic hydroxyl groups is 1. The average molecular weight is 213 g/mol. The maximum atomic E-state index is 9.16. The number of aliphatic hydroxyl groups excluding tert-OH is 1. The van der Waals surface area contributed by atoms with Crippen LogP contribution in [0.5, 0.6) is 0 Å². The van der Waals surface area contributed by atoms with Crippen LogP contribution in [-0.4, -0.2) is 29.3 Å². The number of nitrogens with zero attached hydrogens (tertiary/aromatic N) is 2. The number of aromatic nitrogens is 1. The largest absolute Gasteiger partial charge is 0.394 e. The zero-order valence-electron chi connectivity index (χ0n) is 7.86. The van der Waals surface area contributed by atoms with E-state index in [0.717, 1.165) is 25.2 Å². The molecule has 0 spiro atoms. The van der Waals surface area contributed by atoms with Gasteiger partial charge >= 0.3 is 0 Å². The van der Waals surface area contributed by atoms with Gasteiger partial charge in [0.05, 0.1) is 12.6 Å². The van der Waals surface area contributed by atoms with Crippen molar-refractivity contribution in [2.45, 2.75) is 18.9 Å². The van der Waals surface area contributed by atoms with E-state index in [1.54, 1.807) is 6.07 Å². The van der Waals surface area contributed by atoms with Crippen molar-refractivity contribution in [1.29, 1.82) is 0 Å². The highest BCUT2D eigenvalue weighted by Gasteiger charge is 2.24. The van der Waals surface area contributed by atoms with Crippen LogP contribution in [-0.2, 0) is 0 Å². The van der Waals surface area contributed by atoms with Gasteiger partial charge in [-0.05, 0) is 25.0 Å². The lowest BCUT2D eigenvalue weighted by atomic mass is 10.2. The van der Waals surface area contributed by atoms with Gasteiger partial charge in [-0.15, -0.1) is 0 Å². The minimum absolute atomic E-state index is 0.189. The molecule has 3 nitrogen and oxygen atoms in total. The van der Waals surface area contributed by atoms with Crippen LogP contribution in [0.3, 0.4) is 0 Å². The van der Waals surface area contributed by atoms with Gasteiger partial charge in [-0.2, -0.15) is 0 Å². The number of hydrogen-bond donors (Lipinski definition) is 1. The van der Waals surface area contributed by atoms with Gasteiger partial charge in [0, 0.05) is 6.54 Å². The zero-order chi connectivity index (χ0) is 9.97. The van der Waals surface area contributed by atoms with Crippen LogP contribution < -0.4 is 4.90 Å². The van der Waals surface area contributed by atoms with Gasteiger partial charge in [0.1, 0.15) is 11.0 Å². The van der Waals surface area contributed by atoms with E-state index >= 15 is 0 Å². The Morgan fingerprint density at radius 3 is 3.14 bits per heavy atom. The van der Waals surface area contributed by atoms with Crippen LogP contribution in [0.25, 0.3) is 0 Å². The van der Waals surface area contributed by atoms with Crippen LogP contribution in [0, 0.1) is 0 Å². The van der Waals surface area contributed by atoms with Crippen LogP contribution in [0.4, 0.5) is 5.82 Å². The topological polar surface area (TPSA) is 36.4 Å². The van der Waals surface area contributed by atoms with Crippen molar-refractivity contribution in [2.24, 2.45) is 0 Å². The Morgan fingerprint density at radius 1 is 1.57 bits per heavy atom. The van der Waals surface area contributed by atoms with E-state index in [1.165, 1.54) is 0 Å². The first-order valence-corrected chi connectivity index (χ1v) is 5.19. The molecule has 76 valence electrons. The highest BCUT2D eigenvalue weighted by Crippen LogP contribution is 2.24. The first kappa shape index (κ1) is 9.74. The lowest BCUT2D eigenvalue weighted by Gasteiger charge is -2.23. The standard InChI is InChI=1S/C10H13ClN2O/c11-9-4-1-5-10(12-9)13-6-2-3-8(13)7-14/h1,4-5,8,14H,2-3,6-7H2/t8-/m1/s1. The van der Waals surface area contributed by atoms with Crippen molar-refractivity contribution in [3.05, 3.63) is 23.4 Å². The second-order valence-corrected chi connectivity index (χ2v) is 3.88. The Morgan fingerprint density at radius 2 is 2.43 bits per heavy atom. The van der Waals surface area contributed by atoms with Crippen molar-refractivity contribution in [1.82, 2.24) is 4.98 Å². The van der Waals surface area contributed by atoms with Crippen LogP contribution in [0.15, 0.2) is 18.2 Å². The van der Waals surface area contributed by atoms with Crippen molar-refractivity contribution in [3.8, 4) is 0 Å². The fourth-order valence-corrected chi connectivity index (χ4v) is 2.04. The number of rotatable bonds is 2. The third-order valence-electron chi connectivity index (χ3n) is 2.58. The third-order valence-corrected chi connectivity index (χ3v) is 2.79. The summed E-state index contributed by atoms with van der Waals surface area (Å²) >= 11 is 5.81. The van der Waals surface area contributed by atoms with E-state index in [4.69, 9.17) is 16.7 Å². The van der Waals surface area contributed by atoms with Gasteiger partial charge in [-0.3, -0.25) is 0 Å². The molecule has 0 unspecified atom stereocenters. The molecule has 0 saturated carbocycles. The minimum atomic E-state index is 0.189. The molecule has 0 aliphatic carbocycles. The van der Waals surface area contributed by atoms with Gasteiger partial charge in [0.25, 0.3) is 0 Å². The lowest BCUT2D eigenvalue weighted by molar-refractivity contribution is 0.266. The van der Waals surface area contributed by atoms with Gasteiger partial charge in [-0.1, -0.05) is 17.7 Å². The monoisotopic (exact) mass is 212 g/mol. The molecule has 0 amide bonds. The van der Waals surface area contributed by atoms with Gasteiger partial charge < -0.3 is 10.0 Å². The summed E-state index contributed by atoms with van der Waals surface area (Å²) in [5, 5.41) is 9.67. The fraction of sp³-hybridized carbons (Fsp3) is 0.500. The van der Waals surface area contributed by atoms with E-state index in [1.807, 2.05) is 12.1 Å². The summed E-state index contributed by atoms with van der Waals surface area (Å²) in [5.41, 5.74) is 0. The molecule has 0 bridgehead atoms. The number of hydrogen-bond acceptors (Lipinski definition) is 3. The van der Waals surface area contributed by atoms with Crippen molar-refractivity contribution in [3.63, 3.8) is 0 Å². The maximum absolute atomic E-state index is 9.16. The number of pyridine rings is 1. The summed E-state index contributed by atoms with van der Waals surface area (Å²) in [6.45, 7) is 1.15. The maximum Gasteiger partial charge on any atom is 0.131 e. The van der Waals surface area contributed by atoms with Crippen LogP contribution >= 0.6 is 11.6 Å². The molecule has 0 aromatic carbocycles. The van der Waals surface area contributed by atoms with Crippen LogP contribution in [0.2, 0.25) is 5.15 Å². The molecule has 0 radical (unpaired) electrons. The van der Waals surface area contributed by atoms with E-state index in [2.05, 4.69) is 9.88 Å². The molecule has 1 aliphatic heterocycles. The Hall–Kier alpha value is -0.800. The molecule has 1 aromatic heterocycles. The first-order valence-electron chi connectivity index (χ1n) is 4.81. The second kappa shape index (κ2) is 4.15. The summed E-state index contributed by atoms with van der Waals surface area (Å²) < 4.78 is 0. The molecule has 2 rings (SSSR count). The molecule has 4 heteroatoms. The summed E-state index contributed by atoms with van der Waals surface area (Å²) in [4.78, 5) is 6.35. The number of anilines is 1. The summed E-state index contributed by atoms with van der Waals surface area (Å²) in [6, 6.07) is 5.78. The molecule has 1 aromatic rings. The summed E-state index contributed by atoms with van der Waals surface area (Å²) in [5.74, 6) is 0.869. The molecular formula is C10H13ClN2O. The molecule has 1 fully saturated rings. The highest BCUT2D eigenvalue weighted by molar-refractivity contribution is 6.29. The fourth-order valence-electron chi connectivity index (χ4n) is 1.88. The molecule has 1 aliphatic rings. The Kier molecular flexibility index (Phi) is 2.89. The third kappa shape index (κ3) is 1.83. The van der Waals surface area contributed by atoms with Crippen molar-refractivity contribution >= 4 is 17.4 Å². The van der Waals surface area contributed by atoms with Crippen molar-refractivity contribution < 1.29 is 5.11 Å². The molecule has 2 heterocycles. The molecular weight excluding hydrogens is 200 g/mol. The van der Waals surface area contributed by atoms with E-state index < -0.39 is 0 Å². The summed E-state index contributed by atoms with van der Waals surface area (Å²) in [6.07, 6.45) is 2.14. The summed E-state index contributed by atoms with van der Waals surface area (Å²) in [7, 11) is 0. The zero-order valence-corrected chi connectivity index (χ0v) is 8.61. The molecule has 1 atom stereocenters. The first-order chi connectivity index (χ1) is 6.81. The molecule has 1 saturated heterocycles. The minimum Gasteiger partial charge on any atom is -0.394 e. The van der Waals surface area contributed by atoms with Crippen LogP contribution in [0.1, 0.15) is 12.8 Å². The average Bonchev–Trinajstić information content (AvgIpc) is 2.65.